The van der Waals surface area contributed by atoms with Gasteiger partial charge in [-0.15, -0.1) is 13.2 Å². The predicted molar refractivity (Wildman–Crippen MR) is 110 cm³/mol. The minimum absolute atomic E-state index is 0.0644. The fraction of sp³-hybridized carbons (Fsp3) is 0.667. The van der Waals surface area contributed by atoms with E-state index in [0.717, 1.165) is 6.16 Å². The summed E-state index contributed by atoms with van der Waals surface area (Å²) in [5.74, 6) is -0.0644. The van der Waals surface area contributed by atoms with Gasteiger partial charge in [0, 0.05) is 25.4 Å². The Morgan fingerprint density at radius 3 is 2.71 bits per heavy atom. The number of hydrogen-bond donors (Lipinski definition) is 3. The van der Waals surface area contributed by atoms with E-state index < -0.39 is 42.7 Å². The molecule has 1 aromatic rings. The highest BCUT2D eigenvalue weighted by molar-refractivity contribution is 7.72. The molecular weight excluding hydrogens is 385 g/mol. The van der Waals surface area contributed by atoms with Crippen molar-refractivity contribution in [1.29, 1.82) is 0 Å². The van der Waals surface area contributed by atoms with Crippen LogP contribution < -0.4 is 16.6 Å². The van der Waals surface area contributed by atoms with Gasteiger partial charge in [0.2, 0.25) is 0 Å². The van der Waals surface area contributed by atoms with Crippen molar-refractivity contribution in [3.8, 4) is 0 Å². The number of methoxy groups -OCH3 is 1. The van der Waals surface area contributed by atoms with Crippen molar-refractivity contribution in [2.45, 2.75) is 44.4 Å². The molecule has 9 nitrogen and oxygen atoms in total. The molecule has 0 bridgehead atoms. The number of carbonyl (C=O) groups is 1. The Labute approximate surface area is 164 Å². The Balaban J connectivity index is 2.26. The molecular formula is C18H30N3O6P. The molecule has 0 saturated carbocycles. The van der Waals surface area contributed by atoms with Gasteiger partial charge < -0.3 is 19.9 Å². The average molecular weight is 415 g/mol. The summed E-state index contributed by atoms with van der Waals surface area (Å²) >= 11 is 0. The number of aromatic nitrogens is 2. The number of nitrogens with one attached hydrogen (secondary N) is 2. The fourth-order valence-corrected chi connectivity index (χ4v) is 4.08. The van der Waals surface area contributed by atoms with E-state index in [0.29, 0.717) is 6.42 Å². The third kappa shape index (κ3) is 5.75. The second kappa shape index (κ2) is 9.33. The number of aliphatic hydroxyl groups is 1. The molecule has 4 atom stereocenters. The zero-order valence-electron chi connectivity index (χ0n) is 16.8. The van der Waals surface area contributed by atoms with Crippen molar-refractivity contribution in [1.82, 2.24) is 14.9 Å². The maximum Gasteiger partial charge on any atom is 0.330 e. The van der Waals surface area contributed by atoms with E-state index in [4.69, 9.17) is 9.47 Å². The van der Waals surface area contributed by atoms with Crippen LogP contribution in [0.25, 0.3) is 0 Å². The van der Waals surface area contributed by atoms with Crippen molar-refractivity contribution in [3.05, 3.63) is 32.6 Å². The maximum atomic E-state index is 12.4. The zero-order chi connectivity index (χ0) is 21.1. The molecule has 2 rings (SSSR count). The molecule has 0 radical (unpaired) electrons. The first-order valence-corrected chi connectivity index (χ1v) is 12.2. The molecule has 3 N–H and O–H groups in total. The summed E-state index contributed by atoms with van der Waals surface area (Å²) in [7, 11) is 1.44. The number of aliphatic hydroxyl groups excluding tert-OH is 1. The number of ketones is 1. The van der Waals surface area contributed by atoms with E-state index in [1.54, 1.807) is 0 Å². The molecule has 10 heteroatoms. The normalized spacial score (nSPS) is 25.2. The van der Waals surface area contributed by atoms with Crippen molar-refractivity contribution in [2.24, 2.45) is 0 Å². The van der Waals surface area contributed by atoms with E-state index in [2.05, 4.69) is 29.9 Å². The summed E-state index contributed by atoms with van der Waals surface area (Å²) in [6.45, 7) is 4.58. The lowest BCUT2D eigenvalue weighted by atomic mass is 10.1. The smallest absolute Gasteiger partial charge is 0.330 e. The van der Waals surface area contributed by atoms with E-state index in [1.165, 1.54) is 24.8 Å². The number of Topliss-reactive ketones (excluding diaryl/α,β-unsaturated/α-hetero) is 1. The first kappa shape index (κ1) is 22.8. The SMILES string of the molecule is C=P(C)(C)CCC1O[C@@H](n2cc(CNCC(C)=O)c(=O)[nH]c2=O)[C@H](OC)[C@@H]1O. The van der Waals surface area contributed by atoms with Crippen molar-refractivity contribution in [2.75, 3.05) is 33.1 Å². The lowest BCUT2D eigenvalue weighted by molar-refractivity contribution is -0.116. The molecule has 0 spiro atoms. The van der Waals surface area contributed by atoms with Gasteiger partial charge in [0.25, 0.3) is 5.56 Å². The molecule has 0 aromatic carbocycles. The second-order valence-electron chi connectivity index (χ2n) is 7.83. The largest absolute Gasteiger partial charge is 0.388 e. The maximum absolute atomic E-state index is 12.4. The van der Waals surface area contributed by atoms with Gasteiger partial charge >= 0.3 is 5.69 Å². The summed E-state index contributed by atoms with van der Waals surface area (Å²) in [5, 5.41) is 13.4. The zero-order valence-corrected chi connectivity index (χ0v) is 17.7. The van der Waals surface area contributed by atoms with Crippen molar-refractivity contribution >= 4 is 19.0 Å². The molecule has 1 unspecified atom stereocenters. The van der Waals surface area contributed by atoms with Crippen LogP contribution in [0.2, 0.25) is 0 Å². The van der Waals surface area contributed by atoms with Gasteiger partial charge in [0.15, 0.2) is 6.23 Å². The number of ether oxygens (including phenoxy) is 2. The highest BCUT2D eigenvalue weighted by atomic mass is 31.2. The van der Waals surface area contributed by atoms with E-state index in [9.17, 15) is 19.5 Å². The van der Waals surface area contributed by atoms with Crippen LogP contribution in [0.15, 0.2) is 15.8 Å². The van der Waals surface area contributed by atoms with Crippen LogP contribution in [0.1, 0.15) is 25.1 Å². The van der Waals surface area contributed by atoms with Crippen LogP contribution in [0.4, 0.5) is 0 Å². The summed E-state index contributed by atoms with van der Waals surface area (Å²) < 4.78 is 12.6. The lowest BCUT2D eigenvalue weighted by Gasteiger charge is -2.21. The van der Waals surface area contributed by atoms with Crippen LogP contribution in [0.3, 0.4) is 0 Å². The molecule has 158 valence electrons. The molecule has 1 fully saturated rings. The minimum Gasteiger partial charge on any atom is -0.388 e. The second-order valence-corrected chi connectivity index (χ2v) is 12.1. The summed E-state index contributed by atoms with van der Waals surface area (Å²) in [6, 6.07) is 0. The Hall–Kier alpha value is -1.51. The predicted octanol–water partition coefficient (Wildman–Crippen LogP) is -0.412. The highest BCUT2D eigenvalue weighted by Gasteiger charge is 2.45. The number of hydrogen-bond acceptors (Lipinski definition) is 7. The van der Waals surface area contributed by atoms with E-state index >= 15 is 0 Å². The Bertz CT molecular complexity index is 858. The van der Waals surface area contributed by atoms with Gasteiger partial charge in [-0.05, 0) is 32.8 Å². The van der Waals surface area contributed by atoms with Gasteiger partial charge in [-0.1, -0.05) is 0 Å². The lowest BCUT2D eigenvalue weighted by Crippen LogP contribution is -2.40. The molecule has 0 amide bonds. The fourth-order valence-electron chi connectivity index (χ4n) is 3.13. The van der Waals surface area contributed by atoms with Gasteiger partial charge in [0.1, 0.15) is 18.0 Å². The monoisotopic (exact) mass is 415 g/mol. The minimum atomic E-state index is -1.29. The van der Waals surface area contributed by atoms with Crippen LogP contribution in [0.5, 0.6) is 0 Å². The standard InChI is InChI=1S/C18H30N3O6P/c1-11(22)8-19-9-12-10-21(18(25)20-16(12)24)17-15(26-2)14(23)13(27-17)6-7-28(3,4)5/h10,13-15,17,19,23H,3,6-9H2,1-2,4-5H3,(H,20,24,25)/t13?,14-,15-,17-/m1/s1. The number of rotatable bonds is 9. The third-order valence-electron chi connectivity index (χ3n) is 4.61. The Kier molecular flexibility index (Phi) is 7.59. The highest BCUT2D eigenvalue weighted by Crippen LogP contribution is 2.39. The molecule has 1 aliphatic rings. The average Bonchev–Trinajstić information content (AvgIpc) is 2.89. The summed E-state index contributed by atoms with van der Waals surface area (Å²) in [4.78, 5) is 37.7. The van der Waals surface area contributed by atoms with Gasteiger partial charge in [-0.25, -0.2) is 4.79 Å². The first-order valence-electron chi connectivity index (χ1n) is 9.11. The third-order valence-corrected chi connectivity index (χ3v) is 6.08. The summed E-state index contributed by atoms with van der Waals surface area (Å²) in [6.07, 6.45) is 3.97. The van der Waals surface area contributed by atoms with E-state index in [1.807, 2.05) is 0 Å². The van der Waals surface area contributed by atoms with E-state index in [-0.39, 0.29) is 24.4 Å². The first-order chi connectivity index (χ1) is 13.0. The molecule has 28 heavy (non-hydrogen) atoms. The quantitative estimate of drug-likeness (QED) is 0.469. The molecule has 2 heterocycles. The number of H-pyrrole nitrogens is 1. The topological polar surface area (TPSA) is 123 Å². The van der Waals surface area contributed by atoms with Gasteiger partial charge in [0.05, 0.1) is 12.6 Å². The van der Waals surface area contributed by atoms with Crippen molar-refractivity contribution < 1.29 is 19.4 Å². The number of aromatic amines is 1. The van der Waals surface area contributed by atoms with Crippen LogP contribution >= 0.6 is 6.89 Å². The number of nitrogens with zero attached hydrogens (tertiary/aromatic N) is 1. The van der Waals surface area contributed by atoms with Crippen LogP contribution in [-0.2, 0) is 20.8 Å². The Morgan fingerprint density at radius 1 is 1.46 bits per heavy atom. The van der Waals surface area contributed by atoms with Gasteiger partial charge in [-0.2, -0.15) is 0 Å². The van der Waals surface area contributed by atoms with Crippen molar-refractivity contribution in [3.63, 3.8) is 0 Å². The molecule has 1 saturated heterocycles. The van der Waals surface area contributed by atoms with Crippen LogP contribution in [0, 0.1) is 0 Å². The van der Waals surface area contributed by atoms with Crippen LogP contribution in [-0.4, -0.2) is 78.2 Å². The molecule has 0 aliphatic carbocycles. The molecule has 1 aliphatic heterocycles. The Morgan fingerprint density at radius 2 is 2.14 bits per heavy atom. The molecule has 1 aromatic heterocycles. The number of carbonyl (C=O) groups excluding carboxylic acids is 1. The summed E-state index contributed by atoms with van der Waals surface area (Å²) in [5.41, 5.74) is -0.905. The van der Waals surface area contributed by atoms with Gasteiger partial charge in [-0.3, -0.25) is 19.1 Å².